The molecular formula is C12H14ClN. The van der Waals surface area contributed by atoms with Crippen molar-refractivity contribution in [1.82, 2.24) is 4.98 Å². The summed E-state index contributed by atoms with van der Waals surface area (Å²) in [7, 11) is 0. The molecule has 0 spiro atoms. The molecule has 0 N–H and O–H groups in total. The van der Waals surface area contributed by atoms with Crippen LogP contribution < -0.4 is 0 Å². The highest BCUT2D eigenvalue weighted by Gasteiger charge is 2.12. The number of allylic oxidation sites excluding steroid dienone is 2. The highest BCUT2D eigenvalue weighted by molar-refractivity contribution is 6.22. The van der Waals surface area contributed by atoms with Gasteiger partial charge in [0.1, 0.15) is 0 Å². The van der Waals surface area contributed by atoms with Crippen LogP contribution in [-0.4, -0.2) is 10.4 Å². The standard InChI is InChI=1S/C12H14ClN/c1-9-5-6-11(8-14-9)10-3-2-4-12(13)7-10/h5-8,12H,2-4H2,1H3. The normalized spacial score (nSPS) is 21.9. The highest BCUT2D eigenvalue weighted by Crippen LogP contribution is 2.28. The minimum Gasteiger partial charge on any atom is -0.261 e. The van der Waals surface area contributed by atoms with Crippen molar-refractivity contribution in [3.05, 3.63) is 35.7 Å². The zero-order valence-electron chi connectivity index (χ0n) is 8.33. The van der Waals surface area contributed by atoms with Crippen LogP contribution in [0.1, 0.15) is 30.5 Å². The average molecular weight is 208 g/mol. The topological polar surface area (TPSA) is 12.9 Å². The average Bonchev–Trinajstić information content (AvgIpc) is 2.19. The first kappa shape index (κ1) is 9.72. The van der Waals surface area contributed by atoms with Crippen LogP contribution in [0.25, 0.3) is 5.57 Å². The maximum absolute atomic E-state index is 6.10. The Hall–Kier alpha value is -0.820. The predicted octanol–water partition coefficient (Wildman–Crippen LogP) is 3.56. The zero-order chi connectivity index (χ0) is 9.97. The largest absolute Gasteiger partial charge is 0.261 e. The number of alkyl halides is 1. The molecule has 2 heteroatoms. The molecule has 1 aromatic rings. The van der Waals surface area contributed by atoms with Crippen LogP contribution in [0.3, 0.4) is 0 Å². The molecule has 1 aliphatic carbocycles. The Morgan fingerprint density at radius 3 is 2.93 bits per heavy atom. The van der Waals surface area contributed by atoms with Gasteiger partial charge in [0.2, 0.25) is 0 Å². The van der Waals surface area contributed by atoms with Gasteiger partial charge in [-0.3, -0.25) is 4.98 Å². The van der Waals surface area contributed by atoms with E-state index in [0.29, 0.717) is 0 Å². The summed E-state index contributed by atoms with van der Waals surface area (Å²) in [5.41, 5.74) is 3.64. The predicted molar refractivity (Wildman–Crippen MR) is 60.4 cm³/mol. The van der Waals surface area contributed by atoms with Crippen molar-refractivity contribution in [2.24, 2.45) is 0 Å². The van der Waals surface area contributed by atoms with E-state index in [1.807, 2.05) is 19.2 Å². The number of aryl methyl sites for hydroxylation is 1. The fourth-order valence-electron chi connectivity index (χ4n) is 1.77. The summed E-state index contributed by atoms with van der Waals surface area (Å²) in [6.07, 6.45) is 7.53. The van der Waals surface area contributed by atoms with E-state index in [2.05, 4.69) is 17.1 Å². The fraction of sp³-hybridized carbons (Fsp3) is 0.417. The number of hydrogen-bond donors (Lipinski definition) is 0. The van der Waals surface area contributed by atoms with Gasteiger partial charge in [-0.1, -0.05) is 12.1 Å². The highest BCUT2D eigenvalue weighted by atomic mass is 35.5. The first-order valence-corrected chi connectivity index (χ1v) is 5.47. The van der Waals surface area contributed by atoms with Gasteiger partial charge < -0.3 is 0 Å². The molecule has 74 valence electrons. The second kappa shape index (κ2) is 4.14. The van der Waals surface area contributed by atoms with Gasteiger partial charge in [-0.05, 0) is 43.4 Å². The van der Waals surface area contributed by atoms with Crippen molar-refractivity contribution < 1.29 is 0 Å². The summed E-state index contributed by atoms with van der Waals surface area (Å²) in [5, 5.41) is 0.208. The molecule has 0 aromatic carbocycles. The minimum atomic E-state index is 0.208. The van der Waals surface area contributed by atoms with E-state index in [4.69, 9.17) is 11.6 Å². The lowest BCUT2D eigenvalue weighted by atomic mass is 9.94. The van der Waals surface area contributed by atoms with Crippen LogP contribution in [0.15, 0.2) is 24.4 Å². The Kier molecular flexibility index (Phi) is 2.87. The van der Waals surface area contributed by atoms with Gasteiger partial charge in [0, 0.05) is 11.9 Å². The van der Waals surface area contributed by atoms with Gasteiger partial charge >= 0.3 is 0 Å². The molecule has 0 aliphatic heterocycles. The van der Waals surface area contributed by atoms with Gasteiger partial charge in [-0.25, -0.2) is 0 Å². The number of rotatable bonds is 1. The van der Waals surface area contributed by atoms with Crippen molar-refractivity contribution >= 4 is 17.2 Å². The number of aromatic nitrogens is 1. The van der Waals surface area contributed by atoms with Crippen LogP contribution in [0.4, 0.5) is 0 Å². The molecule has 0 saturated heterocycles. The Morgan fingerprint density at radius 1 is 1.43 bits per heavy atom. The number of nitrogens with zero attached hydrogens (tertiary/aromatic N) is 1. The number of pyridine rings is 1. The third-order valence-corrected chi connectivity index (χ3v) is 2.93. The molecule has 1 nitrogen and oxygen atoms in total. The van der Waals surface area contributed by atoms with Crippen molar-refractivity contribution in [3.63, 3.8) is 0 Å². The summed E-state index contributed by atoms with van der Waals surface area (Å²) >= 11 is 6.10. The first-order chi connectivity index (χ1) is 6.75. The van der Waals surface area contributed by atoms with Crippen molar-refractivity contribution in [2.45, 2.75) is 31.6 Å². The van der Waals surface area contributed by atoms with E-state index in [9.17, 15) is 0 Å². The maximum Gasteiger partial charge on any atom is 0.0522 e. The lowest BCUT2D eigenvalue weighted by Crippen LogP contribution is -2.02. The Balaban J connectivity index is 2.26. The molecule has 1 heterocycles. The molecule has 0 bridgehead atoms. The quantitative estimate of drug-likeness (QED) is 0.642. The van der Waals surface area contributed by atoms with Crippen LogP contribution >= 0.6 is 11.6 Å². The van der Waals surface area contributed by atoms with Gasteiger partial charge in [0.25, 0.3) is 0 Å². The van der Waals surface area contributed by atoms with E-state index in [-0.39, 0.29) is 5.38 Å². The molecule has 1 unspecified atom stereocenters. The zero-order valence-corrected chi connectivity index (χ0v) is 9.09. The molecule has 14 heavy (non-hydrogen) atoms. The summed E-state index contributed by atoms with van der Waals surface area (Å²) < 4.78 is 0. The third-order valence-electron chi connectivity index (χ3n) is 2.59. The van der Waals surface area contributed by atoms with Crippen LogP contribution in [-0.2, 0) is 0 Å². The van der Waals surface area contributed by atoms with Gasteiger partial charge in [0.05, 0.1) is 5.38 Å². The molecule has 0 fully saturated rings. The van der Waals surface area contributed by atoms with E-state index < -0.39 is 0 Å². The van der Waals surface area contributed by atoms with E-state index in [1.165, 1.54) is 17.6 Å². The molecule has 2 rings (SSSR count). The molecule has 0 saturated carbocycles. The van der Waals surface area contributed by atoms with E-state index in [1.54, 1.807) is 0 Å². The molecule has 1 aromatic heterocycles. The smallest absolute Gasteiger partial charge is 0.0522 e. The van der Waals surface area contributed by atoms with E-state index >= 15 is 0 Å². The minimum absolute atomic E-state index is 0.208. The molecule has 0 radical (unpaired) electrons. The van der Waals surface area contributed by atoms with Gasteiger partial charge in [-0.2, -0.15) is 0 Å². The molecule has 1 aliphatic rings. The Morgan fingerprint density at radius 2 is 2.29 bits per heavy atom. The number of hydrogen-bond acceptors (Lipinski definition) is 1. The second-order valence-corrected chi connectivity index (χ2v) is 4.35. The fourth-order valence-corrected chi connectivity index (χ4v) is 2.08. The maximum atomic E-state index is 6.10. The lowest BCUT2D eigenvalue weighted by Gasteiger charge is -2.16. The summed E-state index contributed by atoms with van der Waals surface area (Å²) in [6.45, 7) is 2.00. The lowest BCUT2D eigenvalue weighted by molar-refractivity contribution is 0.747. The van der Waals surface area contributed by atoms with Gasteiger partial charge in [-0.15, -0.1) is 11.6 Å². The summed E-state index contributed by atoms with van der Waals surface area (Å²) in [4.78, 5) is 4.30. The van der Waals surface area contributed by atoms with Crippen LogP contribution in [0.2, 0.25) is 0 Å². The Bertz CT molecular complexity index is 340. The number of halogens is 1. The van der Waals surface area contributed by atoms with Crippen molar-refractivity contribution in [2.75, 3.05) is 0 Å². The molecule has 1 atom stereocenters. The van der Waals surface area contributed by atoms with Crippen molar-refractivity contribution in [1.29, 1.82) is 0 Å². The van der Waals surface area contributed by atoms with E-state index in [0.717, 1.165) is 18.5 Å². The van der Waals surface area contributed by atoms with Gasteiger partial charge in [0.15, 0.2) is 0 Å². The third kappa shape index (κ3) is 2.16. The SMILES string of the molecule is Cc1ccc(C2=CC(Cl)CCC2)cn1. The molecule has 0 amide bonds. The Labute approximate surface area is 89.8 Å². The summed E-state index contributed by atoms with van der Waals surface area (Å²) in [5.74, 6) is 0. The van der Waals surface area contributed by atoms with Crippen LogP contribution in [0, 0.1) is 6.92 Å². The molecular weight excluding hydrogens is 194 g/mol. The first-order valence-electron chi connectivity index (χ1n) is 5.03. The van der Waals surface area contributed by atoms with Crippen LogP contribution in [0.5, 0.6) is 0 Å². The monoisotopic (exact) mass is 207 g/mol. The van der Waals surface area contributed by atoms with Crippen molar-refractivity contribution in [3.8, 4) is 0 Å². The summed E-state index contributed by atoms with van der Waals surface area (Å²) in [6, 6.07) is 4.18. The second-order valence-electron chi connectivity index (χ2n) is 3.79.